The molecule has 0 atom stereocenters. The summed E-state index contributed by atoms with van der Waals surface area (Å²) in [6.45, 7) is 0. The lowest BCUT2D eigenvalue weighted by Crippen LogP contribution is -2.17. The van der Waals surface area contributed by atoms with Gasteiger partial charge in [-0.25, -0.2) is 13.2 Å². The van der Waals surface area contributed by atoms with Crippen molar-refractivity contribution < 1.29 is 18.3 Å². The van der Waals surface area contributed by atoms with Crippen molar-refractivity contribution in [2.75, 3.05) is 5.75 Å². The zero-order chi connectivity index (χ0) is 14.1. The van der Waals surface area contributed by atoms with E-state index in [0.29, 0.717) is 0 Å². The van der Waals surface area contributed by atoms with Gasteiger partial charge in [-0.3, -0.25) is 0 Å². The molecule has 0 bridgehead atoms. The lowest BCUT2D eigenvalue weighted by Gasteiger charge is -2.11. The summed E-state index contributed by atoms with van der Waals surface area (Å²) >= 11 is 0. The van der Waals surface area contributed by atoms with E-state index in [9.17, 15) is 13.2 Å². The average Bonchev–Trinajstić information content (AvgIpc) is 3.08. The van der Waals surface area contributed by atoms with Gasteiger partial charge in [0.25, 0.3) is 0 Å². The highest BCUT2D eigenvalue weighted by atomic mass is 32.2. The number of rotatable bonds is 5. The Balaban J connectivity index is 2.21. The SMILES string of the molecule is N#CCC1(CS(=O)(=O)c2ccc(C(=O)O)cc2)CC1. The molecule has 19 heavy (non-hydrogen) atoms. The Morgan fingerprint density at radius 1 is 1.32 bits per heavy atom. The molecule has 0 spiro atoms. The number of aromatic carboxylic acids is 1. The highest BCUT2D eigenvalue weighted by Crippen LogP contribution is 2.50. The molecule has 1 fully saturated rings. The Bertz CT molecular complexity index is 636. The number of carbonyl (C=O) groups is 1. The first-order valence-electron chi connectivity index (χ1n) is 5.82. The molecule has 1 saturated carbocycles. The minimum Gasteiger partial charge on any atom is -0.478 e. The molecule has 1 N–H and O–H groups in total. The van der Waals surface area contributed by atoms with E-state index < -0.39 is 15.8 Å². The topological polar surface area (TPSA) is 95.2 Å². The Morgan fingerprint density at radius 3 is 2.32 bits per heavy atom. The summed E-state index contributed by atoms with van der Waals surface area (Å²) in [6.07, 6.45) is 1.76. The molecule has 1 aromatic carbocycles. The normalized spacial score (nSPS) is 16.6. The van der Waals surface area contributed by atoms with Crippen LogP contribution in [-0.4, -0.2) is 25.2 Å². The largest absolute Gasteiger partial charge is 0.478 e. The van der Waals surface area contributed by atoms with Crippen molar-refractivity contribution in [2.24, 2.45) is 5.41 Å². The number of hydrogen-bond acceptors (Lipinski definition) is 4. The van der Waals surface area contributed by atoms with Crippen molar-refractivity contribution in [1.82, 2.24) is 0 Å². The predicted octanol–water partition coefficient (Wildman–Crippen LogP) is 1.85. The Labute approximate surface area is 111 Å². The molecule has 0 aromatic heterocycles. The highest BCUT2D eigenvalue weighted by Gasteiger charge is 2.46. The molecular weight excluding hydrogens is 266 g/mol. The number of carboxylic acids is 1. The molecule has 1 aromatic rings. The van der Waals surface area contributed by atoms with E-state index in [1.54, 1.807) is 0 Å². The third-order valence-electron chi connectivity index (χ3n) is 3.37. The van der Waals surface area contributed by atoms with Gasteiger partial charge in [0.05, 0.1) is 22.3 Å². The maximum atomic E-state index is 12.2. The number of carboxylic acid groups (broad SMARTS) is 1. The number of hydrogen-bond donors (Lipinski definition) is 1. The lowest BCUT2D eigenvalue weighted by atomic mass is 10.1. The third-order valence-corrected chi connectivity index (χ3v) is 5.35. The summed E-state index contributed by atoms with van der Waals surface area (Å²) in [7, 11) is -3.46. The molecule has 0 aliphatic heterocycles. The third kappa shape index (κ3) is 2.93. The second-order valence-electron chi connectivity index (χ2n) is 4.92. The summed E-state index contributed by atoms with van der Waals surface area (Å²) in [5.74, 6) is -1.13. The standard InChI is InChI=1S/C13H13NO4S/c14-8-7-13(5-6-13)9-19(17,18)11-3-1-10(2-4-11)12(15)16/h1-4H,5-7,9H2,(H,15,16). The summed E-state index contributed by atoms with van der Waals surface area (Å²) in [5, 5.41) is 17.5. The van der Waals surface area contributed by atoms with Crippen molar-refractivity contribution in [1.29, 1.82) is 5.26 Å². The maximum absolute atomic E-state index is 12.2. The van der Waals surface area contributed by atoms with Crippen molar-refractivity contribution in [3.05, 3.63) is 29.8 Å². The van der Waals surface area contributed by atoms with Crippen LogP contribution in [0.4, 0.5) is 0 Å². The molecule has 1 aliphatic rings. The van der Waals surface area contributed by atoms with Crippen LogP contribution in [0, 0.1) is 16.7 Å². The van der Waals surface area contributed by atoms with E-state index >= 15 is 0 Å². The van der Waals surface area contributed by atoms with Crippen LogP contribution in [-0.2, 0) is 9.84 Å². The number of sulfone groups is 1. The van der Waals surface area contributed by atoms with Crippen LogP contribution < -0.4 is 0 Å². The van der Waals surface area contributed by atoms with Gasteiger partial charge in [0, 0.05) is 6.42 Å². The molecule has 5 nitrogen and oxygen atoms in total. The fourth-order valence-corrected chi connectivity index (χ4v) is 3.92. The van der Waals surface area contributed by atoms with Gasteiger partial charge in [-0.05, 0) is 42.5 Å². The van der Waals surface area contributed by atoms with Crippen molar-refractivity contribution >= 4 is 15.8 Å². The molecule has 0 heterocycles. The minimum absolute atomic E-state index is 0.0417. The second-order valence-corrected chi connectivity index (χ2v) is 6.91. The van der Waals surface area contributed by atoms with Gasteiger partial charge >= 0.3 is 5.97 Å². The van der Waals surface area contributed by atoms with E-state index in [-0.39, 0.29) is 28.0 Å². The zero-order valence-corrected chi connectivity index (χ0v) is 11.0. The van der Waals surface area contributed by atoms with Gasteiger partial charge in [0.2, 0.25) is 0 Å². The lowest BCUT2D eigenvalue weighted by molar-refractivity contribution is 0.0696. The molecule has 0 unspecified atom stereocenters. The molecule has 0 radical (unpaired) electrons. The van der Waals surface area contributed by atoms with Crippen LogP contribution in [0.5, 0.6) is 0 Å². The maximum Gasteiger partial charge on any atom is 0.335 e. The first-order chi connectivity index (χ1) is 8.88. The van der Waals surface area contributed by atoms with E-state index in [2.05, 4.69) is 0 Å². The molecule has 6 heteroatoms. The molecule has 1 aliphatic carbocycles. The molecule has 2 rings (SSSR count). The zero-order valence-electron chi connectivity index (χ0n) is 10.2. The quantitative estimate of drug-likeness (QED) is 0.887. The minimum atomic E-state index is -3.46. The predicted molar refractivity (Wildman–Crippen MR) is 67.4 cm³/mol. The van der Waals surface area contributed by atoms with Crippen LogP contribution >= 0.6 is 0 Å². The average molecular weight is 279 g/mol. The molecule has 100 valence electrons. The van der Waals surface area contributed by atoms with Gasteiger partial charge < -0.3 is 5.11 Å². The molecule has 0 saturated heterocycles. The molecular formula is C13H13NO4S. The highest BCUT2D eigenvalue weighted by molar-refractivity contribution is 7.91. The van der Waals surface area contributed by atoms with Crippen molar-refractivity contribution in [2.45, 2.75) is 24.2 Å². The fourth-order valence-electron chi connectivity index (χ4n) is 2.01. The van der Waals surface area contributed by atoms with E-state index in [0.717, 1.165) is 12.8 Å². The van der Waals surface area contributed by atoms with Crippen LogP contribution in [0.25, 0.3) is 0 Å². The summed E-state index contributed by atoms with van der Waals surface area (Å²) in [4.78, 5) is 10.8. The van der Waals surface area contributed by atoms with E-state index in [1.165, 1.54) is 24.3 Å². The Morgan fingerprint density at radius 2 is 1.89 bits per heavy atom. The van der Waals surface area contributed by atoms with Crippen LogP contribution in [0.2, 0.25) is 0 Å². The second kappa shape index (κ2) is 4.67. The summed E-state index contributed by atoms with van der Waals surface area (Å²) in [5.41, 5.74) is -0.337. The summed E-state index contributed by atoms with van der Waals surface area (Å²) in [6, 6.07) is 7.19. The number of benzene rings is 1. The first-order valence-corrected chi connectivity index (χ1v) is 7.47. The van der Waals surface area contributed by atoms with Gasteiger partial charge in [-0.15, -0.1) is 0 Å². The van der Waals surface area contributed by atoms with Gasteiger partial charge in [-0.1, -0.05) is 0 Å². The van der Waals surface area contributed by atoms with E-state index in [1.807, 2.05) is 6.07 Å². The Kier molecular flexibility index (Phi) is 3.33. The van der Waals surface area contributed by atoms with Gasteiger partial charge in [0.1, 0.15) is 0 Å². The van der Waals surface area contributed by atoms with Crippen LogP contribution in [0.1, 0.15) is 29.6 Å². The van der Waals surface area contributed by atoms with Gasteiger partial charge in [-0.2, -0.15) is 5.26 Å². The first kappa shape index (κ1) is 13.6. The summed E-state index contributed by atoms with van der Waals surface area (Å²) < 4.78 is 24.4. The van der Waals surface area contributed by atoms with Crippen molar-refractivity contribution in [3.63, 3.8) is 0 Å². The number of nitrogens with zero attached hydrogens (tertiary/aromatic N) is 1. The van der Waals surface area contributed by atoms with E-state index in [4.69, 9.17) is 10.4 Å². The number of nitriles is 1. The van der Waals surface area contributed by atoms with Crippen LogP contribution in [0.3, 0.4) is 0 Å². The van der Waals surface area contributed by atoms with Gasteiger partial charge in [0.15, 0.2) is 9.84 Å². The van der Waals surface area contributed by atoms with Crippen molar-refractivity contribution in [3.8, 4) is 6.07 Å². The smallest absolute Gasteiger partial charge is 0.335 e. The monoisotopic (exact) mass is 279 g/mol. The Hall–Kier alpha value is -1.87. The molecule has 0 amide bonds. The fraction of sp³-hybridized carbons (Fsp3) is 0.385. The van der Waals surface area contributed by atoms with Crippen LogP contribution in [0.15, 0.2) is 29.2 Å².